The number of ether oxygens (including phenoxy) is 3. The van der Waals surface area contributed by atoms with Crippen molar-refractivity contribution in [1.29, 1.82) is 0 Å². The molecule has 1 aliphatic rings. The molecule has 176 valence electrons. The van der Waals surface area contributed by atoms with Gasteiger partial charge in [0.2, 0.25) is 0 Å². The topological polar surface area (TPSA) is 74.0 Å². The Kier molecular flexibility index (Phi) is 11.0. The van der Waals surface area contributed by atoms with Crippen molar-refractivity contribution < 1.29 is 19.0 Å². The number of carbonyl (C=O) groups excluding carboxylic acids is 1. The maximum absolute atomic E-state index is 10.6. The van der Waals surface area contributed by atoms with E-state index in [9.17, 15) is 4.79 Å². The lowest BCUT2D eigenvalue weighted by Crippen LogP contribution is -2.57. The molecule has 0 saturated carbocycles. The fourth-order valence-corrected chi connectivity index (χ4v) is 4.25. The Morgan fingerprint density at radius 2 is 1.81 bits per heavy atom. The van der Waals surface area contributed by atoms with Gasteiger partial charge in [-0.2, -0.15) is 0 Å². The smallest absolute Gasteiger partial charge is 0.156 e. The molecular weight excluding hydrogens is 475 g/mol. The molecule has 0 aliphatic carbocycles. The van der Waals surface area contributed by atoms with Crippen LogP contribution in [0.3, 0.4) is 0 Å². The molecule has 6 nitrogen and oxygen atoms in total. The summed E-state index contributed by atoms with van der Waals surface area (Å²) in [6, 6.07) is 11.5. The van der Waals surface area contributed by atoms with E-state index in [1.165, 1.54) is 0 Å². The van der Waals surface area contributed by atoms with Gasteiger partial charge in [-0.1, -0.05) is 35.3 Å². The zero-order valence-corrected chi connectivity index (χ0v) is 20.3. The highest BCUT2D eigenvalue weighted by molar-refractivity contribution is 6.37. The molecule has 2 aromatic carbocycles. The van der Waals surface area contributed by atoms with E-state index >= 15 is 0 Å². The summed E-state index contributed by atoms with van der Waals surface area (Å²) in [5, 5.41) is 0.976. The van der Waals surface area contributed by atoms with Crippen LogP contribution in [0.5, 0.6) is 11.5 Å². The number of hydrogen-bond acceptors (Lipinski definition) is 6. The molecular formula is C23H29Cl3N2O4. The van der Waals surface area contributed by atoms with Crippen LogP contribution in [0.2, 0.25) is 10.0 Å². The van der Waals surface area contributed by atoms with Gasteiger partial charge in [0.1, 0.15) is 25.2 Å². The van der Waals surface area contributed by atoms with Crippen molar-refractivity contribution in [3.63, 3.8) is 0 Å². The molecule has 2 N–H and O–H groups in total. The fraction of sp³-hybridized carbons (Fsp3) is 0.435. The van der Waals surface area contributed by atoms with Crippen LogP contribution in [-0.2, 0) is 16.0 Å². The first-order chi connectivity index (χ1) is 15.0. The van der Waals surface area contributed by atoms with Gasteiger partial charge in [0.05, 0.1) is 28.9 Å². The second kappa shape index (κ2) is 13.2. The maximum atomic E-state index is 10.6. The Balaban J connectivity index is 0.00000363. The third-order valence-corrected chi connectivity index (χ3v) is 5.71. The Morgan fingerprint density at radius 3 is 2.47 bits per heavy atom. The SMILES string of the molecule is Cc1cc(Cl)c(OCCOc2ccc(CC3OCCN(CCC=O)C3N)cc2)c(Cl)c1.Cl. The number of carbonyl (C=O) groups is 1. The molecule has 9 heteroatoms. The molecule has 0 amide bonds. The standard InChI is InChI=1S/C23H28Cl2N2O4.ClH/c1-16-13-19(24)22(20(25)14-16)31-12-11-29-18-5-3-17(4-6-18)15-21-23(26)27(7-2-9-28)8-10-30-21;/h3-6,9,13-14,21,23H,2,7-8,10-12,15,26H2,1H3;1H. The van der Waals surface area contributed by atoms with Gasteiger partial charge in [-0.05, 0) is 42.3 Å². The van der Waals surface area contributed by atoms with Crippen molar-refractivity contribution in [3.05, 3.63) is 57.6 Å². The monoisotopic (exact) mass is 502 g/mol. The van der Waals surface area contributed by atoms with E-state index in [1.807, 2.05) is 43.3 Å². The Hall–Kier alpha value is -1.54. The minimum atomic E-state index is -0.220. The van der Waals surface area contributed by atoms with Crippen LogP contribution in [0.15, 0.2) is 36.4 Å². The number of aryl methyl sites for hydroxylation is 1. The molecule has 0 radical (unpaired) electrons. The molecule has 3 rings (SSSR count). The minimum absolute atomic E-state index is 0. The summed E-state index contributed by atoms with van der Waals surface area (Å²) >= 11 is 12.4. The predicted octanol–water partition coefficient (Wildman–Crippen LogP) is 4.30. The first-order valence-electron chi connectivity index (χ1n) is 10.3. The third-order valence-electron chi connectivity index (χ3n) is 5.15. The summed E-state index contributed by atoms with van der Waals surface area (Å²) in [6.07, 6.45) is 1.78. The summed E-state index contributed by atoms with van der Waals surface area (Å²) in [7, 11) is 0. The molecule has 1 fully saturated rings. The Labute approximate surface area is 205 Å². The van der Waals surface area contributed by atoms with E-state index in [0.29, 0.717) is 55.0 Å². The summed E-state index contributed by atoms with van der Waals surface area (Å²) in [5.41, 5.74) is 8.42. The quantitative estimate of drug-likeness (QED) is 0.385. The molecule has 32 heavy (non-hydrogen) atoms. The lowest BCUT2D eigenvalue weighted by molar-refractivity contribution is -0.109. The summed E-state index contributed by atoms with van der Waals surface area (Å²) in [4.78, 5) is 12.7. The van der Waals surface area contributed by atoms with Gasteiger partial charge in [0.15, 0.2) is 5.75 Å². The summed E-state index contributed by atoms with van der Waals surface area (Å²) in [6.45, 7) is 4.64. The lowest BCUT2D eigenvalue weighted by atomic mass is 10.0. The number of nitrogens with two attached hydrogens (primary N) is 1. The normalized spacial score (nSPS) is 18.6. The zero-order valence-electron chi connectivity index (χ0n) is 18.0. The van der Waals surface area contributed by atoms with Crippen molar-refractivity contribution >= 4 is 41.9 Å². The summed E-state index contributed by atoms with van der Waals surface area (Å²) in [5.74, 6) is 1.22. The molecule has 1 aliphatic heterocycles. The van der Waals surface area contributed by atoms with E-state index in [1.54, 1.807) is 0 Å². The number of aldehydes is 1. The van der Waals surface area contributed by atoms with Crippen LogP contribution in [0, 0.1) is 6.92 Å². The largest absolute Gasteiger partial charge is 0.490 e. The average molecular weight is 504 g/mol. The van der Waals surface area contributed by atoms with Crippen molar-refractivity contribution in [1.82, 2.24) is 4.90 Å². The molecule has 0 bridgehead atoms. The first kappa shape index (κ1) is 26.7. The van der Waals surface area contributed by atoms with Crippen LogP contribution < -0.4 is 15.2 Å². The predicted molar refractivity (Wildman–Crippen MR) is 130 cm³/mol. The van der Waals surface area contributed by atoms with E-state index < -0.39 is 0 Å². The average Bonchev–Trinajstić information content (AvgIpc) is 2.74. The van der Waals surface area contributed by atoms with Crippen molar-refractivity contribution in [2.45, 2.75) is 32.0 Å². The van der Waals surface area contributed by atoms with E-state index in [-0.39, 0.29) is 24.7 Å². The molecule has 2 atom stereocenters. The van der Waals surface area contributed by atoms with Crippen LogP contribution in [0.4, 0.5) is 0 Å². The number of halogens is 3. The first-order valence-corrected chi connectivity index (χ1v) is 11.1. The number of hydrogen-bond donors (Lipinski definition) is 1. The molecule has 1 heterocycles. The number of nitrogens with zero attached hydrogens (tertiary/aromatic N) is 1. The number of morpholine rings is 1. The van der Waals surface area contributed by atoms with Gasteiger partial charge in [-0.25, -0.2) is 0 Å². The van der Waals surface area contributed by atoms with E-state index in [4.69, 9.17) is 43.1 Å². The van der Waals surface area contributed by atoms with Crippen LogP contribution >= 0.6 is 35.6 Å². The molecule has 0 spiro atoms. The van der Waals surface area contributed by atoms with Crippen molar-refractivity contribution in [2.24, 2.45) is 5.73 Å². The number of benzene rings is 2. The summed E-state index contributed by atoms with van der Waals surface area (Å²) < 4.78 is 17.3. The van der Waals surface area contributed by atoms with Gasteiger partial charge < -0.3 is 24.7 Å². The molecule has 0 aromatic heterocycles. The van der Waals surface area contributed by atoms with E-state index in [0.717, 1.165) is 29.7 Å². The highest BCUT2D eigenvalue weighted by Gasteiger charge is 2.29. The zero-order chi connectivity index (χ0) is 22.2. The van der Waals surface area contributed by atoms with Gasteiger partial charge in [0, 0.05) is 25.9 Å². The minimum Gasteiger partial charge on any atom is -0.490 e. The van der Waals surface area contributed by atoms with Crippen molar-refractivity contribution in [3.8, 4) is 11.5 Å². The Morgan fingerprint density at radius 1 is 1.16 bits per heavy atom. The van der Waals surface area contributed by atoms with Gasteiger partial charge in [-0.15, -0.1) is 12.4 Å². The second-order valence-corrected chi connectivity index (χ2v) is 8.31. The van der Waals surface area contributed by atoms with E-state index in [2.05, 4.69) is 4.90 Å². The molecule has 2 aromatic rings. The highest BCUT2D eigenvalue weighted by atomic mass is 35.5. The van der Waals surface area contributed by atoms with Crippen LogP contribution in [0.1, 0.15) is 17.5 Å². The Bertz CT molecular complexity index is 844. The third kappa shape index (κ3) is 7.51. The van der Waals surface area contributed by atoms with Gasteiger partial charge in [-0.3, -0.25) is 4.90 Å². The second-order valence-electron chi connectivity index (χ2n) is 7.49. The van der Waals surface area contributed by atoms with Gasteiger partial charge >= 0.3 is 0 Å². The molecule has 2 unspecified atom stereocenters. The van der Waals surface area contributed by atoms with Crippen LogP contribution in [-0.4, -0.2) is 56.4 Å². The fourth-order valence-electron chi connectivity index (χ4n) is 3.55. The van der Waals surface area contributed by atoms with Crippen molar-refractivity contribution in [2.75, 3.05) is 32.9 Å². The maximum Gasteiger partial charge on any atom is 0.156 e. The molecule has 1 saturated heterocycles. The van der Waals surface area contributed by atoms with Crippen LogP contribution in [0.25, 0.3) is 0 Å². The highest BCUT2D eigenvalue weighted by Crippen LogP contribution is 2.33. The van der Waals surface area contributed by atoms with Gasteiger partial charge in [0.25, 0.3) is 0 Å². The lowest BCUT2D eigenvalue weighted by Gasteiger charge is -2.38. The number of rotatable bonds is 10.